The molecule has 0 unspecified atom stereocenters. The fraction of sp³-hybridized carbons (Fsp3) is 0.217. The van der Waals surface area contributed by atoms with Gasteiger partial charge in [-0.15, -0.1) is 28.1 Å². The second-order valence-electron chi connectivity index (χ2n) is 7.06. The summed E-state index contributed by atoms with van der Waals surface area (Å²) in [5.41, 5.74) is 1.95. The van der Waals surface area contributed by atoms with Crippen molar-refractivity contribution in [3.8, 4) is 11.4 Å². The molecule has 0 aliphatic heterocycles. The van der Waals surface area contributed by atoms with Gasteiger partial charge < -0.3 is 4.90 Å². The summed E-state index contributed by atoms with van der Waals surface area (Å²) in [6, 6.07) is 17.8. The number of amides is 1. The Morgan fingerprint density at radius 2 is 1.94 bits per heavy atom. The number of nitrogens with zero attached hydrogens (tertiary/aromatic N) is 5. The normalized spacial score (nSPS) is 12.1. The largest absolute Gasteiger partial charge is 0.336 e. The SMILES string of the molecule is C=CCn1c(SCC(=O)N(C)[C@@H](C)c2nc3ccccc3s2)nnc1-c1ccccc1. The van der Waals surface area contributed by atoms with Crippen LogP contribution in [0.5, 0.6) is 0 Å². The first-order valence-electron chi connectivity index (χ1n) is 9.92. The van der Waals surface area contributed by atoms with Crippen molar-refractivity contribution in [2.45, 2.75) is 24.7 Å². The molecule has 158 valence electrons. The lowest BCUT2D eigenvalue weighted by Gasteiger charge is -2.23. The zero-order chi connectivity index (χ0) is 21.8. The van der Waals surface area contributed by atoms with E-state index in [1.165, 1.54) is 11.8 Å². The molecule has 0 saturated carbocycles. The van der Waals surface area contributed by atoms with Crippen molar-refractivity contribution in [1.82, 2.24) is 24.6 Å². The molecule has 0 N–H and O–H groups in total. The first kappa shape index (κ1) is 21.3. The quantitative estimate of drug-likeness (QED) is 0.278. The van der Waals surface area contributed by atoms with E-state index in [4.69, 9.17) is 4.98 Å². The van der Waals surface area contributed by atoms with Crippen LogP contribution < -0.4 is 0 Å². The number of rotatable bonds is 8. The molecule has 1 amide bonds. The standard InChI is InChI=1S/C23H23N5OS2/c1-4-14-28-21(17-10-6-5-7-11-17)25-26-23(28)30-15-20(29)27(3)16(2)22-24-18-12-8-9-13-19(18)31-22/h4-13,16H,1,14-15H2,2-3H3/t16-/m0/s1. The second-order valence-corrected chi connectivity index (χ2v) is 9.07. The summed E-state index contributed by atoms with van der Waals surface area (Å²) >= 11 is 3.02. The topological polar surface area (TPSA) is 63.9 Å². The van der Waals surface area contributed by atoms with Gasteiger partial charge in [0.1, 0.15) is 5.01 Å². The van der Waals surface area contributed by atoms with Gasteiger partial charge in [0.05, 0.1) is 22.0 Å². The number of carbonyl (C=O) groups excluding carboxylic acids is 1. The summed E-state index contributed by atoms with van der Waals surface area (Å²) in [5.74, 6) is 1.06. The fourth-order valence-corrected chi connectivity index (χ4v) is 5.10. The maximum Gasteiger partial charge on any atom is 0.233 e. The Morgan fingerprint density at radius 1 is 1.19 bits per heavy atom. The summed E-state index contributed by atoms with van der Waals surface area (Å²) in [6.45, 7) is 6.43. The van der Waals surface area contributed by atoms with Crippen LogP contribution in [-0.4, -0.2) is 43.4 Å². The Bertz CT molecular complexity index is 1170. The number of carbonyl (C=O) groups is 1. The number of benzene rings is 2. The lowest BCUT2D eigenvalue weighted by Crippen LogP contribution is -2.31. The van der Waals surface area contributed by atoms with E-state index in [9.17, 15) is 4.79 Å². The Kier molecular flexibility index (Phi) is 6.48. The second kappa shape index (κ2) is 9.45. The van der Waals surface area contributed by atoms with Gasteiger partial charge in [0, 0.05) is 19.2 Å². The molecular formula is C23H23N5OS2. The highest BCUT2D eigenvalue weighted by atomic mass is 32.2. The molecule has 0 fully saturated rings. The Balaban J connectivity index is 1.46. The molecule has 2 aromatic heterocycles. The van der Waals surface area contributed by atoms with Crippen LogP contribution in [0.25, 0.3) is 21.6 Å². The Morgan fingerprint density at radius 3 is 2.68 bits per heavy atom. The first-order chi connectivity index (χ1) is 15.1. The van der Waals surface area contributed by atoms with Gasteiger partial charge in [0.15, 0.2) is 11.0 Å². The van der Waals surface area contributed by atoms with Crippen molar-refractivity contribution >= 4 is 39.2 Å². The van der Waals surface area contributed by atoms with Gasteiger partial charge in [-0.05, 0) is 19.1 Å². The van der Waals surface area contributed by atoms with Gasteiger partial charge in [-0.25, -0.2) is 4.98 Å². The van der Waals surface area contributed by atoms with Gasteiger partial charge in [0.25, 0.3) is 0 Å². The number of hydrogen-bond donors (Lipinski definition) is 0. The van der Waals surface area contributed by atoms with Crippen LogP contribution in [0.2, 0.25) is 0 Å². The van der Waals surface area contributed by atoms with E-state index in [2.05, 4.69) is 22.8 Å². The van der Waals surface area contributed by atoms with Crippen molar-refractivity contribution in [1.29, 1.82) is 0 Å². The van der Waals surface area contributed by atoms with Crippen molar-refractivity contribution in [2.24, 2.45) is 0 Å². The average Bonchev–Trinajstić information content (AvgIpc) is 3.41. The third-order valence-electron chi connectivity index (χ3n) is 5.03. The number of thioether (sulfide) groups is 1. The number of aromatic nitrogens is 4. The number of para-hydroxylation sites is 1. The molecule has 31 heavy (non-hydrogen) atoms. The van der Waals surface area contributed by atoms with Crippen LogP contribution in [0.1, 0.15) is 18.0 Å². The highest BCUT2D eigenvalue weighted by Gasteiger charge is 2.22. The zero-order valence-corrected chi connectivity index (χ0v) is 19.1. The highest BCUT2D eigenvalue weighted by molar-refractivity contribution is 7.99. The van der Waals surface area contributed by atoms with Gasteiger partial charge >= 0.3 is 0 Å². The molecule has 0 spiro atoms. The zero-order valence-electron chi connectivity index (χ0n) is 17.4. The summed E-state index contributed by atoms with van der Waals surface area (Å²) in [7, 11) is 1.82. The highest BCUT2D eigenvalue weighted by Crippen LogP contribution is 2.30. The third-order valence-corrected chi connectivity index (χ3v) is 7.19. The lowest BCUT2D eigenvalue weighted by molar-refractivity contribution is -0.128. The van der Waals surface area contributed by atoms with Crippen LogP contribution >= 0.6 is 23.1 Å². The van der Waals surface area contributed by atoms with E-state index in [0.29, 0.717) is 11.7 Å². The minimum Gasteiger partial charge on any atom is -0.336 e. The monoisotopic (exact) mass is 449 g/mol. The Hall–Kier alpha value is -2.97. The minimum absolute atomic E-state index is 0.0196. The van der Waals surface area contributed by atoms with Crippen LogP contribution in [0.4, 0.5) is 0 Å². The average molecular weight is 450 g/mol. The van der Waals surface area contributed by atoms with Crippen LogP contribution in [0.3, 0.4) is 0 Å². The van der Waals surface area contributed by atoms with E-state index >= 15 is 0 Å². The van der Waals surface area contributed by atoms with Crippen molar-refractivity contribution in [3.05, 3.63) is 72.3 Å². The van der Waals surface area contributed by atoms with Gasteiger partial charge in [-0.3, -0.25) is 9.36 Å². The molecule has 4 rings (SSSR count). The fourth-order valence-electron chi connectivity index (χ4n) is 3.17. The van der Waals surface area contributed by atoms with E-state index in [-0.39, 0.29) is 17.7 Å². The van der Waals surface area contributed by atoms with Gasteiger partial charge in [0.2, 0.25) is 5.91 Å². The third kappa shape index (κ3) is 4.55. The first-order valence-corrected chi connectivity index (χ1v) is 11.7. The molecule has 2 aromatic carbocycles. The maximum absolute atomic E-state index is 12.9. The van der Waals surface area contributed by atoms with Crippen molar-refractivity contribution < 1.29 is 4.79 Å². The lowest BCUT2D eigenvalue weighted by atomic mass is 10.2. The predicted molar refractivity (Wildman–Crippen MR) is 127 cm³/mol. The van der Waals surface area contributed by atoms with Crippen molar-refractivity contribution in [2.75, 3.05) is 12.8 Å². The van der Waals surface area contributed by atoms with Gasteiger partial charge in [-0.2, -0.15) is 0 Å². The van der Waals surface area contributed by atoms with E-state index in [1.807, 2.05) is 73.1 Å². The van der Waals surface area contributed by atoms with Crippen molar-refractivity contribution in [3.63, 3.8) is 0 Å². The predicted octanol–water partition coefficient (Wildman–Crippen LogP) is 5.05. The van der Waals surface area contributed by atoms with Crippen LogP contribution in [0, 0.1) is 0 Å². The number of thiazole rings is 1. The Labute approximate surface area is 189 Å². The summed E-state index contributed by atoms with van der Waals surface area (Å²) in [6.07, 6.45) is 1.81. The molecule has 0 bridgehead atoms. The summed E-state index contributed by atoms with van der Waals surface area (Å²) in [4.78, 5) is 19.3. The molecule has 0 aliphatic carbocycles. The molecule has 0 aliphatic rings. The number of allylic oxidation sites excluding steroid dienone is 1. The molecule has 6 nitrogen and oxygen atoms in total. The minimum atomic E-state index is -0.101. The maximum atomic E-state index is 12.9. The molecule has 2 heterocycles. The number of hydrogen-bond acceptors (Lipinski definition) is 6. The molecule has 4 aromatic rings. The van der Waals surface area contributed by atoms with E-state index in [1.54, 1.807) is 16.2 Å². The molecular weight excluding hydrogens is 426 g/mol. The van der Waals surface area contributed by atoms with E-state index < -0.39 is 0 Å². The summed E-state index contributed by atoms with van der Waals surface area (Å²) in [5, 5.41) is 10.3. The summed E-state index contributed by atoms with van der Waals surface area (Å²) < 4.78 is 3.11. The number of fused-ring (bicyclic) bond motifs is 1. The van der Waals surface area contributed by atoms with Crippen LogP contribution in [-0.2, 0) is 11.3 Å². The molecule has 1 atom stereocenters. The smallest absolute Gasteiger partial charge is 0.233 e. The molecule has 8 heteroatoms. The van der Waals surface area contributed by atoms with Crippen LogP contribution in [0.15, 0.2) is 72.4 Å². The molecule has 0 radical (unpaired) electrons. The van der Waals surface area contributed by atoms with Gasteiger partial charge in [-0.1, -0.05) is 60.3 Å². The van der Waals surface area contributed by atoms with E-state index in [0.717, 1.165) is 26.6 Å². The molecule has 0 saturated heterocycles.